The van der Waals surface area contributed by atoms with Gasteiger partial charge in [-0.1, -0.05) is 0 Å². The molecule has 0 bridgehead atoms. The zero-order valence-electron chi connectivity index (χ0n) is 31.2. The summed E-state index contributed by atoms with van der Waals surface area (Å²) >= 11 is 0. The second-order valence-corrected chi connectivity index (χ2v) is 11.9. The van der Waals surface area contributed by atoms with E-state index in [4.69, 9.17) is 81.2 Å². The summed E-state index contributed by atoms with van der Waals surface area (Å²) in [5.41, 5.74) is 9.81. The molecule has 0 aromatic carbocycles. The van der Waals surface area contributed by atoms with Crippen LogP contribution in [0.1, 0.15) is 27.7 Å². The highest BCUT2D eigenvalue weighted by Gasteiger charge is 2.19. The summed E-state index contributed by atoms with van der Waals surface area (Å²) in [4.78, 5) is 84.5. The van der Waals surface area contributed by atoms with Crippen molar-refractivity contribution < 1.29 is 97.3 Å². The minimum absolute atomic E-state index is 0.0703. The summed E-state index contributed by atoms with van der Waals surface area (Å²) in [6.07, 6.45) is 0. The summed E-state index contributed by atoms with van der Waals surface area (Å²) in [6, 6.07) is 0. The van der Waals surface area contributed by atoms with Gasteiger partial charge in [-0.2, -0.15) is 8.42 Å². The van der Waals surface area contributed by atoms with Gasteiger partial charge in [0.2, 0.25) is 0 Å². The molecular formula is C28H58N6O20S. The van der Waals surface area contributed by atoms with Crippen molar-refractivity contribution in [3.8, 4) is 0 Å². The highest BCUT2D eigenvalue weighted by atomic mass is 32.2. The molecule has 0 aromatic heterocycles. The van der Waals surface area contributed by atoms with Crippen LogP contribution in [0.25, 0.3) is 0 Å². The zero-order chi connectivity index (χ0) is 44.7. The predicted molar refractivity (Wildman–Crippen MR) is 191 cm³/mol. The Balaban J connectivity index is -0.000000148. The maximum absolute atomic E-state index is 10.6. The third kappa shape index (κ3) is 83.8. The van der Waals surface area contributed by atoms with Crippen LogP contribution in [0.2, 0.25) is 0 Å². The summed E-state index contributed by atoms with van der Waals surface area (Å²) in [5, 5.41) is 72.9. The normalized spacial score (nSPS) is 11.9. The molecule has 27 heteroatoms. The van der Waals surface area contributed by atoms with E-state index in [1.807, 2.05) is 4.90 Å². The predicted octanol–water partition coefficient (Wildman–Crippen LogP) is -4.32. The lowest BCUT2D eigenvalue weighted by Gasteiger charge is -2.33. The van der Waals surface area contributed by atoms with E-state index in [1.165, 1.54) is 0 Å². The third-order valence-corrected chi connectivity index (χ3v) is 5.58. The molecule has 0 atom stereocenters. The summed E-state index contributed by atoms with van der Waals surface area (Å²) < 4.78 is 29.6. The molecule has 1 rings (SSSR count). The van der Waals surface area contributed by atoms with Gasteiger partial charge in [-0.3, -0.25) is 62.5 Å². The molecule has 0 radical (unpaired) electrons. The van der Waals surface area contributed by atoms with Gasteiger partial charge >= 0.3 is 23.9 Å². The lowest BCUT2D eigenvalue weighted by Crippen LogP contribution is -2.48. The van der Waals surface area contributed by atoms with Gasteiger partial charge in [0.15, 0.2) is 0 Å². The second kappa shape index (κ2) is 40.6. The van der Waals surface area contributed by atoms with Crippen LogP contribution in [-0.4, -0.2) is 230 Å². The van der Waals surface area contributed by atoms with Crippen molar-refractivity contribution in [1.82, 2.24) is 19.6 Å². The van der Waals surface area contributed by atoms with Gasteiger partial charge in [0.25, 0.3) is 34.0 Å². The molecular weight excluding hydrogens is 772 g/mol. The van der Waals surface area contributed by atoms with E-state index in [0.29, 0.717) is 26.2 Å². The Morgan fingerprint density at radius 2 is 0.745 bits per heavy atom. The maximum Gasteiger partial charge on any atom is 0.317 e. The smallest absolute Gasteiger partial charge is 0.317 e. The molecule has 0 saturated carbocycles. The van der Waals surface area contributed by atoms with Crippen LogP contribution in [0.15, 0.2) is 0 Å². The number of aliphatic hydroxyl groups excluding tert-OH is 1. The Morgan fingerprint density at radius 3 is 0.909 bits per heavy atom. The fourth-order valence-electron chi connectivity index (χ4n) is 3.10. The first-order valence-corrected chi connectivity index (χ1v) is 17.2. The average Bonchev–Trinajstić information content (AvgIpc) is 2.97. The van der Waals surface area contributed by atoms with Crippen molar-refractivity contribution in [1.29, 1.82) is 0 Å². The Hall–Kier alpha value is -4.61. The Kier molecular flexibility index (Phi) is 46.0. The first kappa shape index (κ1) is 62.4. The molecule has 0 spiro atoms. The number of nitrogens with zero attached hydrogens (tertiary/aromatic N) is 4. The van der Waals surface area contributed by atoms with E-state index >= 15 is 0 Å². The number of β-amino-alcohol motifs (C(OH)–C–C–N with tert-alkyl or cyclic N) is 1. The molecule has 26 nitrogen and oxygen atoms in total. The monoisotopic (exact) mass is 830 g/mol. The van der Waals surface area contributed by atoms with E-state index in [0.717, 1.165) is 63.7 Å². The van der Waals surface area contributed by atoms with Gasteiger partial charge < -0.3 is 57.4 Å². The van der Waals surface area contributed by atoms with E-state index in [-0.39, 0.29) is 25.4 Å². The van der Waals surface area contributed by atoms with Crippen LogP contribution in [0.4, 0.5) is 0 Å². The Bertz CT molecular complexity index is 1070. The molecule has 0 amide bonds. The minimum Gasteiger partial charge on any atom is -0.481 e. The summed E-state index contributed by atoms with van der Waals surface area (Å²) in [7, 11) is -3.84. The van der Waals surface area contributed by atoms with Crippen LogP contribution >= 0.6 is 0 Å². The molecule has 1 aliphatic rings. The van der Waals surface area contributed by atoms with E-state index in [1.54, 1.807) is 0 Å². The Labute approximate surface area is 317 Å². The molecule has 1 saturated heterocycles. The molecule has 1 aliphatic heterocycles. The van der Waals surface area contributed by atoms with Crippen molar-refractivity contribution in [2.24, 2.45) is 11.5 Å². The van der Waals surface area contributed by atoms with Crippen molar-refractivity contribution in [2.75, 3.05) is 104 Å². The van der Waals surface area contributed by atoms with Crippen LogP contribution < -0.4 is 11.5 Å². The van der Waals surface area contributed by atoms with Crippen LogP contribution in [0.5, 0.6) is 0 Å². The molecule has 0 unspecified atom stereocenters. The standard InChI is InChI=1S/C10H16N2O8.C8H18N2O4S.C2H8N2.4C2H4O2/c13-7(14)3-11(4-8(15)16)1-2-12(5-9(17)18)6-10(19)20;11-7-5-9-1-3-10(4-2-9)6-8-15(12,13)14;3-1-2-4;4*1-2(3)4/h1-6H2,(H,13,14)(H,15,16)(H,17,18)(H,19,20);11H,1-8H2,(H,12,13,14);1-4H2;4*1H3,(H,3,4). The number of carboxylic acid groups (broad SMARTS) is 8. The lowest BCUT2D eigenvalue weighted by molar-refractivity contribution is -0.145. The molecule has 14 N–H and O–H groups in total. The van der Waals surface area contributed by atoms with Gasteiger partial charge in [-0.15, -0.1) is 0 Å². The largest absolute Gasteiger partial charge is 0.481 e. The summed E-state index contributed by atoms with van der Waals surface area (Å²) in [6.45, 7) is 7.74. The molecule has 0 aliphatic carbocycles. The lowest BCUT2D eigenvalue weighted by atomic mass is 10.3. The van der Waals surface area contributed by atoms with Gasteiger partial charge in [0.1, 0.15) is 0 Å². The van der Waals surface area contributed by atoms with Crippen LogP contribution in [0, 0.1) is 0 Å². The molecule has 1 fully saturated rings. The first-order valence-electron chi connectivity index (χ1n) is 15.6. The fourth-order valence-corrected chi connectivity index (χ4v) is 3.59. The minimum atomic E-state index is -3.84. The van der Waals surface area contributed by atoms with Crippen molar-refractivity contribution in [3.63, 3.8) is 0 Å². The number of hydrogen-bond donors (Lipinski definition) is 12. The molecule has 326 valence electrons. The average molecular weight is 831 g/mol. The van der Waals surface area contributed by atoms with Crippen molar-refractivity contribution in [2.45, 2.75) is 27.7 Å². The summed E-state index contributed by atoms with van der Waals surface area (Å²) in [5.74, 6) is -8.44. The van der Waals surface area contributed by atoms with Gasteiger partial charge in [-0.05, 0) is 0 Å². The first-order chi connectivity index (χ1) is 25.1. The van der Waals surface area contributed by atoms with E-state index < -0.39 is 84.1 Å². The van der Waals surface area contributed by atoms with Crippen molar-refractivity contribution >= 4 is 57.9 Å². The zero-order valence-corrected chi connectivity index (χ0v) is 32.0. The number of hydrogen-bond acceptors (Lipinski definition) is 17. The third-order valence-electron chi connectivity index (χ3n) is 4.88. The SMILES string of the molecule is CC(=O)O.CC(=O)O.CC(=O)O.CC(=O)O.NCCN.O=C(O)CN(CCN(CC(=O)O)CC(=O)O)CC(=O)O.O=S(=O)(O)CCN1CCN(CCO)CC1. The molecule has 55 heavy (non-hydrogen) atoms. The number of piperazine rings is 1. The fraction of sp³-hybridized carbons (Fsp3) is 0.714. The number of nitrogens with two attached hydrogens (primary N) is 2. The Morgan fingerprint density at radius 1 is 0.527 bits per heavy atom. The highest BCUT2D eigenvalue weighted by molar-refractivity contribution is 7.85. The van der Waals surface area contributed by atoms with Crippen LogP contribution in [0.3, 0.4) is 0 Å². The number of carboxylic acids is 8. The molecule has 1 heterocycles. The second-order valence-electron chi connectivity index (χ2n) is 10.3. The van der Waals surface area contributed by atoms with Gasteiger partial charge in [0, 0.05) is 93.1 Å². The number of rotatable bonds is 17. The van der Waals surface area contributed by atoms with Crippen LogP contribution in [-0.2, 0) is 48.5 Å². The quantitative estimate of drug-likeness (QED) is 0.0617. The van der Waals surface area contributed by atoms with E-state index in [9.17, 15) is 27.6 Å². The molecule has 0 aromatic rings. The number of aliphatic hydroxyl groups is 1. The topological polar surface area (TPSA) is 438 Å². The highest BCUT2D eigenvalue weighted by Crippen LogP contribution is 2.01. The van der Waals surface area contributed by atoms with Gasteiger partial charge in [-0.25, -0.2) is 0 Å². The number of aliphatic carboxylic acids is 8. The number of carbonyl (C=O) groups is 8. The van der Waals surface area contributed by atoms with E-state index in [2.05, 4.69) is 4.90 Å². The van der Waals surface area contributed by atoms with Crippen molar-refractivity contribution in [3.05, 3.63) is 0 Å². The van der Waals surface area contributed by atoms with Gasteiger partial charge in [0.05, 0.1) is 38.5 Å². The maximum atomic E-state index is 10.6.